The Morgan fingerprint density at radius 2 is 1.53 bits per heavy atom. The standard InChI is InChI=1S/C17H26O2/c1-11-9-13(16(3,4)5)15(19-8)14(10-11)17(6,7)12(2)18/h9-10H,1-8H3. The molecule has 0 saturated carbocycles. The van der Waals surface area contributed by atoms with Gasteiger partial charge in [0.15, 0.2) is 0 Å². The molecule has 0 unspecified atom stereocenters. The second kappa shape index (κ2) is 4.99. The van der Waals surface area contributed by atoms with Gasteiger partial charge in [-0.3, -0.25) is 4.79 Å². The van der Waals surface area contributed by atoms with Crippen molar-refractivity contribution in [3.63, 3.8) is 0 Å². The maximum atomic E-state index is 12.0. The Labute approximate surface area is 117 Å². The molecular formula is C17H26O2. The van der Waals surface area contributed by atoms with Crippen molar-refractivity contribution in [2.45, 2.75) is 59.3 Å². The van der Waals surface area contributed by atoms with Gasteiger partial charge >= 0.3 is 0 Å². The smallest absolute Gasteiger partial charge is 0.139 e. The summed E-state index contributed by atoms with van der Waals surface area (Å²) in [5.74, 6) is 0.995. The van der Waals surface area contributed by atoms with E-state index in [4.69, 9.17) is 4.74 Å². The van der Waals surface area contributed by atoms with Crippen LogP contribution in [0.15, 0.2) is 12.1 Å². The summed E-state index contributed by atoms with van der Waals surface area (Å²) in [5, 5.41) is 0. The number of benzene rings is 1. The van der Waals surface area contributed by atoms with E-state index in [2.05, 4.69) is 39.8 Å². The van der Waals surface area contributed by atoms with E-state index in [9.17, 15) is 4.79 Å². The van der Waals surface area contributed by atoms with Gasteiger partial charge in [0.1, 0.15) is 11.5 Å². The number of rotatable bonds is 3. The Kier molecular flexibility index (Phi) is 4.14. The fourth-order valence-corrected chi connectivity index (χ4v) is 2.20. The average Bonchev–Trinajstić information content (AvgIpc) is 2.26. The first kappa shape index (κ1) is 15.7. The third-order valence-electron chi connectivity index (χ3n) is 3.80. The van der Waals surface area contributed by atoms with Crippen LogP contribution in [0, 0.1) is 6.92 Å². The minimum Gasteiger partial charge on any atom is -0.496 e. The fourth-order valence-electron chi connectivity index (χ4n) is 2.20. The van der Waals surface area contributed by atoms with Crippen molar-refractivity contribution < 1.29 is 9.53 Å². The van der Waals surface area contributed by atoms with Crippen LogP contribution in [0.5, 0.6) is 5.75 Å². The summed E-state index contributed by atoms with van der Waals surface area (Å²) in [6.07, 6.45) is 0. The van der Waals surface area contributed by atoms with E-state index in [0.717, 1.165) is 22.4 Å². The number of carbonyl (C=O) groups excluding carboxylic acids is 1. The Balaban J connectivity index is 3.67. The van der Waals surface area contributed by atoms with Crippen molar-refractivity contribution in [2.24, 2.45) is 0 Å². The first-order chi connectivity index (χ1) is 8.51. The van der Waals surface area contributed by atoms with Gasteiger partial charge in [-0.25, -0.2) is 0 Å². The summed E-state index contributed by atoms with van der Waals surface area (Å²) in [6.45, 7) is 14.1. The minimum atomic E-state index is -0.530. The SMILES string of the molecule is COc1c(C(C)(C)C)cc(C)cc1C(C)(C)C(C)=O. The van der Waals surface area contributed by atoms with Crippen LogP contribution in [-0.4, -0.2) is 12.9 Å². The highest BCUT2D eigenvalue weighted by Gasteiger charge is 2.32. The number of hydrogen-bond acceptors (Lipinski definition) is 2. The third kappa shape index (κ3) is 2.99. The van der Waals surface area contributed by atoms with Crippen LogP contribution in [0.2, 0.25) is 0 Å². The molecule has 0 saturated heterocycles. The first-order valence-electron chi connectivity index (χ1n) is 6.72. The lowest BCUT2D eigenvalue weighted by Crippen LogP contribution is -2.28. The highest BCUT2D eigenvalue weighted by Crippen LogP contribution is 2.40. The summed E-state index contributed by atoms with van der Waals surface area (Å²) in [7, 11) is 1.68. The molecule has 0 fully saturated rings. The molecule has 0 bridgehead atoms. The van der Waals surface area contributed by atoms with Gasteiger partial charge in [-0.2, -0.15) is 0 Å². The van der Waals surface area contributed by atoms with Crippen LogP contribution in [0.4, 0.5) is 0 Å². The maximum absolute atomic E-state index is 12.0. The van der Waals surface area contributed by atoms with Crippen LogP contribution in [0.3, 0.4) is 0 Å². The molecule has 19 heavy (non-hydrogen) atoms. The third-order valence-corrected chi connectivity index (χ3v) is 3.80. The predicted octanol–water partition coefficient (Wildman–Crippen LogP) is 4.17. The molecule has 2 heteroatoms. The number of ether oxygens (including phenoxy) is 1. The van der Waals surface area contributed by atoms with E-state index in [0.29, 0.717) is 0 Å². The Morgan fingerprint density at radius 3 is 1.89 bits per heavy atom. The van der Waals surface area contributed by atoms with E-state index in [1.165, 1.54) is 0 Å². The Morgan fingerprint density at radius 1 is 1.05 bits per heavy atom. The van der Waals surface area contributed by atoms with Crippen molar-refractivity contribution in [1.29, 1.82) is 0 Å². The molecule has 0 aliphatic rings. The summed E-state index contributed by atoms with van der Waals surface area (Å²) < 4.78 is 5.64. The van der Waals surface area contributed by atoms with Crippen molar-refractivity contribution in [3.8, 4) is 5.75 Å². The molecule has 1 rings (SSSR count). The zero-order valence-electron chi connectivity index (χ0n) is 13.5. The van der Waals surface area contributed by atoms with Crippen molar-refractivity contribution in [2.75, 3.05) is 7.11 Å². The summed E-state index contributed by atoms with van der Waals surface area (Å²) in [6, 6.07) is 4.22. The molecule has 1 aromatic rings. The van der Waals surface area contributed by atoms with Crippen molar-refractivity contribution in [1.82, 2.24) is 0 Å². The quantitative estimate of drug-likeness (QED) is 0.817. The molecule has 0 atom stereocenters. The molecule has 0 radical (unpaired) electrons. The van der Waals surface area contributed by atoms with Gasteiger partial charge in [-0.05, 0) is 33.1 Å². The van der Waals surface area contributed by atoms with Crippen molar-refractivity contribution >= 4 is 5.78 Å². The zero-order valence-corrected chi connectivity index (χ0v) is 13.5. The molecule has 106 valence electrons. The topological polar surface area (TPSA) is 26.3 Å². The second-order valence-corrected chi connectivity index (χ2v) is 6.82. The molecule has 0 heterocycles. The lowest BCUT2D eigenvalue weighted by Gasteiger charge is -2.30. The van der Waals surface area contributed by atoms with Gasteiger partial charge in [-0.15, -0.1) is 0 Å². The van der Waals surface area contributed by atoms with Gasteiger partial charge in [0.25, 0.3) is 0 Å². The first-order valence-corrected chi connectivity index (χ1v) is 6.72. The van der Waals surface area contributed by atoms with Crippen LogP contribution in [0.25, 0.3) is 0 Å². The lowest BCUT2D eigenvalue weighted by molar-refractivity contribution is -0.121. The number of hydrogen-bond donors (Lipinski definition) is 0. The number of carbonyl (C=O) groups is 1. The van der Waals surface area contributed by atoms with Gasteiger partial charge < -0.3 is 4.74 Å². The minimum absolute atomic E-state index is 0.0149. The van der Waals surface area contributed by atoms with E-state index >= 15 is 0 Å². The van der Waals surface area contributed by atoms with E-state index in [1.54, 1.807) is 14.0 Å². The Bertz CT molecular complexity index is 491. The van der Waals surface area contributed by atoms with Crippen LogP contribution in [0.1, 0.15) is 58.2 Å². The second-order valence-electron chi connectivity index (χ2n) is 6.82. The molecule has 0 amide bonds. The molecule has 0 aliphatic carbocycles. The van der Waals surface area contributed by atoms with E-state index < -0.39 is 5.41 Å². The average molecular weight is 262 g/mol. The normalized spacial score (nSPS) is 12.4. The maximum Gasteiger partial charge on any atom is 0.139 e. The van der Waals surface area contributed by atoms with Gasteiger partial charge in [0.2, 0.25) is 0 Å². The largest absolute Gasteiger partial charge is 0.496 e. The Hall–Kier alpha value is -1.31. The summed E-state index contributed by atoms with van der Waals surface area (Å²) >= 11 is 0. The highest BCUT2D eigenvalue weighted by atomic mass is 16.5. The van der Waals surface area contributed by atoms with E-state index in [-0.39, 0.29) is 11.2 Å². The van der Waals surface area contributed by atoms with Crippen LogP contribution >= 0.6 is 0 Å². The number of methoxy groups -OCH3 is 1. The van der Waals surface area contributed by atoms with E-state index in [1.807, 2.05) is 13.8 Å². The molecule has 0 spiro atoms. The predicted molar refractivity (Wildman–Crippen MR) is 80.1 cm³/mol. The molecule has 0 aliphatic heterocycles. The molecule has 2 nitrogen and oxygen atoms in total. The van der Waals surface area contributed by atoms with Gasteiger partial charge in [-0.1, -0.05) is 38.5 Å². The van der Waals surface area contributed by atoms with Crippen LogP contribution in [-0.2, 0) is 15.6 Å². The number of Topliss-reactive ketones (excluding diaryl/α,β-unsaturated/α-hetero) is 1. The number of aryl methyl sites for hydroxylation is 1. The zero-order chi connectivity index (χ0) is 15.0. The lowest BCUT2D eigenvalue weighted by atomic mass is 9.76. The van der Waals surface area contributed by atoms with Crippen molar-refractivity contribution in [3.05, 3.63) is 28.8 Å². The van der Waals surface area contributed by atoms with Gasteiger partial charge in [0, 0.05) is 11.1 Å². The number of ketones is 1. The monoisotopic (exact) mass is 262 g/mol. The van der Waals surface area contributed by atoms with Gasteiger partial charge in [0.05, 0.1) is 12.5 Å². The van der Waals surface area contributed by atoms with Crippen LogP contribution < -0.4 is 4.74 Å². The molecule has 0 N–H and O–H groups in total. The summed E-state index contributed by atoms with van der Waals surface area (Å²) in [4.78, 5) is 12.0. The highest BCUT2D eigenvalue weighted by molar-refractivity contribution is 5.88. The fraction of sp³-hybridized carbons (Fsp3) is 0.588. The molecule has 0 aromatic heterocycles. The molecule has 1 aromatic carbocycles. The molecular weight excluding hydrogens is 236 g/mol. The summed E-state index contributed by atoms with van der Waals surface area (Å²) in [5.41, 5.74) is 2.75.